The van der Waals surface area contributed by atoms with Gasteiger partial charge in [-0.05, 0) is 24.8 Å². The Hall–Kier alpha value is -1.49. The van der Waals surface area contributed by atoms with E-state index in [0.29, 0.717) is 11.6 Å². The van der Waals surface area contributed by atoms with Crippen molar-refractivity contribution in [1.29, 1.82) is 0 Å². The standard InChI is InChI=1S/C9H11N3O2/c10-8(6-3-4-6)9-7(12(13)14)2-1-5-11-9/h1-2,5-6,8H,3-4,10H2/t8-/m0/s1. The van der Waals surface area contributed by atoms with Gasteiger partial charge in [-0.1, -0.05) is 0 Å². The van der Waals surface area contributed by atoms with Gasteiger partial charge in [-0.25, -0.2) is 0 Å². The maximum absolute atomic E-state index is 10.7. The lowest BCUT2D eigenvalue weighted by Gasteiger charge is -2.08. The SMILES string of the molecule is N[C@H](c1ncccc1[N+](=O)[O-])C1CC1. The molecule has 1 aliphatic rings. The summed E-state index contributed by atoms with van der Waals surface area (Å²) in [5.41, 5.74) is 6.32. The summed E-state index contributed by atoms with van der Waals surface area (Å²) in [5, 5.41) is 10.7. The topological polar surface area (TPSA) is 82.0 Å². The molecule has 0 unspecified atom stereocenters. The van der Waals surface area contributed by atoms with Crippen LogP contribution in [0.1, 0.15) is 24.6 Å². The summed E-state index contributed by atoms with van der Waals surface area (Å²) in [7, 11) is 0. The maximum Gasteiger partial charge on any atom is 0.292 e. The van der Waals surface area contributed by atoms with Gasteiger partial charge in [0.25, 0.3) is 5.69 Å². The number of nitro groups is 1. The first-order valence-corrected chi connectivity index (χ1v) is 4.55. The van der Waals surface area contributed by atoms with E-state index >= 15 is 0 Å². The van der Waals surface area contributed by atoms with Gasteiger partial charge >= 0.3 is 0 Å². The molecule has 2 rings (SSSR count). The van der Waals surface area contributed by atoms with Gasteiger partial charge in [-0.15, -0.1) is 0 Å². The second-order valence-electron chi connectivity index (χ2n) is 3.53. The Labute approximate surface area is 81.1 Å². The molecule has 0 spiro atoms. The smallest absolute Gasteiger partial charge is 0.292 e. The van der Waals surface area contributed by atoms with Crippen LogP contribution in [0.2, 0.25) is 0 Å². The van der Waals surface area contributed by atoms with E-state index in [1.165, 1.54) is 6.07 Å². The molecule has 0 aromatic carbocycles. The summed E-state index contributed by atoms with van der Waals surface area (Å²) in [6.07, 6.45) is 3.65. The molecule has 0 bridgehead atoms. The van der Waals surface area contributed by atoms with Crippen LogP contribution in [0.3, 0.4) is 0 Å². The van der Waals surface area contributed by atoms with Crippen molar-refractivity contribution in [2.24, 2.45) is 11.7 Å². The molecule has 0 amide bonds. The van der Waals surface area contributed by atoms with E-state index in [9.17, 15) is 10.1 Å². The van der Waals surface area contributed by atoms with Crippen molar-refractivity contribution in [3.05, 3.63) is 34.1 Å². The molecule has 74 valence electrons. The Morgan fingerprint density at radius 3 is 2.93 bits per heavy atom. The van der Waals surface area contributed by atoms with E-state index < -0.39 is 4.92 Å². The van der Waals surface area contributed by atoms with Gasteiger partial charge in [-0.2, -0.15) is 0 Å². The Morgan fingerprint density at radius 2 is 2.36 bits per heavy atom. The van der Waals surface area contributed by atoms with Crippen LogP contribution in [0, 0.1) is 16.0 Å². The molecule has 5 heteroatoms. The van der Waals surface area contributed by atoms with E-state index in [-0.39, 0.29) is 11.7 Å². The molecule has 0 saturated heterocycles. The quantitative estimate of drug-likeness (QED) is 0.581. The highest BCUT2D eigenvalue weighted by Gasteiger charge is 2.34. The largest absolute Gasteiger partial charge is 0.322 e. The van der Waals surface area contributed by atoms with Crippen LogP contribution in [0.15, 0.2) is 18.3 Å². The predicted molar refractivity (Wildman–Crippen MR) is 50.5 cm³/mol. The van der Waals surface area contributed by atoms with Gasteiger partial charge < -0.3 is 5.73 Å². The van der Waals surface area contributed by atoms with Gasteiger partial charge in [0.15, 0.2) is 0 Å². The minimum absolute atomic E-state index is 0.0342. The van der Waals surface area contributed by atoms with Gasteiger partial charge in [0.2, 0.25) is 0 Å². The molecule has 5 nitrogen and oxygen atoms in total. The van der Waals surface area contributed by atoms with Crippen LogP contribution in [0.5, 0.6) is 0 Å². The van der Waals surface area contributed by atoms with Crippen LogP contribution in [0.4, 0.5) is 5.69 Å². The van der Waals surface area contributed by atoms with E-state index in [1.54, 1.807) is 12.3 Å². The van der Waals surface area contributed by atoms with Crippen molar-refractivity contribution in [3.63, 3.8) is 0 Å². The molecule has 1 atom stereocenters. The summed E-state index contributed by atoms with van der Waals surface area (Å²) in [4.78, 5) is 14.2. The van der Waals surface area contributed by atoms with Crippen molar-refractivity contribution < 1.29 is 4.92 Å². The molecular formula is C9H11N3O2. The van der Waals surface area contributed by atoms with Crippen LogP contribution in [-0.2, 0) is 0 Å². The molecule has 1 heterocycles. The van der Waals surface area contributed by atoms with Crippen molar-refractivity contribution in [2.75, 3.05) is 0 Å². The van der Waals surface area contributed by atoms with E-state index in [2.05, 4.69) is 4.98 Å². The molecule has 1 saturated carbocycles. The number of pyridine rings is 1. The van der Waals surface area contributed by atoms with Crippen molar-refractivity contribution >= 4 is 5.69 Å². The zero-order chi connectivity index (χ0) is 10.1. The molecule has 2 N–H and O–H groups in total. The number of hydrogen-bond donors (Lipinski definition) is 1. The number of aromatic nitrogens is 1. The van der Waals surface area contributed by atoms with Crippen LogP contribution >= 0.6 is 0 Å². The Morgan fingerprint density at radius 1 is 1.64 bits per heavy atom. The average molecular weight is 193 g/mol. The first-order valence-electron chi connectivity index (χ1n) is 4.55. The Balaban J connectivity index is 2.34. The molecule has 1 aliphatic carbocycles. The highest BCUT2D eigenvalue weighted by molar-refractivity contribution is 5.37. The second kappa shape index (κ2) is 3.34. The van der Waals surface area contributed by atoms with E-state index in [1.807, 2.05) is 0 Å². The summed E-state index contributed by atoms with van der Waals surface area (Å²) < 4.78 is 0. The van der Waals surface area contributed by atoms with Gasteiger partial charge in [-0.3, -0.25) is 15.1 Å². The summed E-state index contributed by atoms with van der Waals surface area (Å²) in [6.45, 7) is 0. The number of nitrogens with two attached hydrogens (primary N) is 1. The number of nitrogens with zero attached hydrogens (tertiary/aromatic N) is 2. The van der Waals surface area contributed by atoms with Gasteiger partial charge in [0.05, 0.1) is 11.0 Å². The monoisotopic (exact) mass is 193 g/mol. The van der Waals surface area contributed by atoms with Crippen LogP contribution in [-0.4, -0.2) is 9.91 Å². The third kappa shape index (κ3) is 1.58. The third-order valence-electron chi connectivity index (χ3n) is 2.46. The summed E-state index contributed by atoms with van der Waals surface area (Å²) in [5.74, 6) is 0.378. The molecule has 1 aromatic rings. The minimum atomic E-state index is -0.426. The van der Waals surface area contributed by atoms with Crippen molar-refractivity contribution in [2.45, 2.75) is 18.9 Å². The van der Waals surface area contributed by atoms with Crippen LogP contribution in [0.25, 0.3) is 0 Å². The van der Waals surface area contributed by atoms with E-state index in [0.717, 1.165) is 12.8 Å². The fourth-order valence-electron chi connectivity index (χ4n) is 1.50. The molecule has 14 heavy (non-hydrogen) atoms. The number of rotatable bonds is 3. The van der Waals surface area contributed by atoms with Gasteiger partial charge in [0, 0.05) is 12.3 Å². The molecule has 0 aliphatic heterocycles. The third-order valence-corrected chi connectivity index (χ3v) is 2.46. The average Bonchev–Trinajstić information content (AvgIpc) is 3.00. The lowest BCUT2D eigenvalue weighted by atomic mass is 10.1. The first-order chi connectivity index (χ1) is 6.70. The Kier molecular flexibility index (Phi) is 2.17. The van der Waals surface area contributed by atoms with Crippen LogP contribution < -0.4 is 5.73 Å². The molecule has 1 fully saturated rings. The highest BCUT2D eigenvalue weighted by atomic mass is 16.6. The van der Waals surface area contributed by atoms with Crippen molar-refractivity contribution in [1.82, 2.24) is 4.98 Å². The molecular weight excluding hydrogens is 182 g/mol. The fraction of sp³-hybridized carbons (Fsp3) is 0.444. The fourth-order valence-corrected chi connectivity index (χ4v) is 1.50. The Bertz CT molecular complexity index is 363. The summed E-state index contributed by atoms with van der Waals surface area (Å²) >= 11 is 0. The highest BCUT2D eigenvalue weighted by Crippen LogP contribution is 2.40. The molecule has 1 aromatic heterocycles. The molecule has 0 radical (unpaired) electrons. The first kappa shape index (κ1) is 9.08. The second-order valence-corrected chi connectivity index (χ2v) is 3.53. The van der Waals surface area contributed by atoms with Gasteiger partial charge in [0.1, 0.15) is 5.69 Å². The predicted octanol–water partition coefficient (Wildman–Crippen LogP) is 1.40. The zero-order valence-electron chi connectivity index (χ0n) is 7.59. The zero-order valence-corrected chi connectivity index (χ0v) is 7.59. The maximum atomic E-state index is 10.7. The van der Waals surface area contributed by atoms with Crippen molar-refractivity contribution in [3.8, 4) is 0 Å². The minimum Gasteiger partial charge on any atom is -0.322 e. The van der Waals surface area contributed by atoms with E-state index in [4.69, 9.17) is 5.73 Å². The lowest BCUT2D eigenvalue weighted by molar-refractivity contribution is -0.386. The number of hydrogen-bond acceptors (Lipinski definition) is 4. The lowest BCUT2D eigenvalue weighted by Crippen LogP contribution is -2.15. The summed E-state index contributed by atoms with van der Waals surface area (Å²) in [6, 6.07) is 2.72. The normalized spacial score (nSPS) is 17.8.